The molecular formula is C9H18O4Si. The van der Waals surface area contributed by atoms with E-state index in [0.717, 1.165) is 6.42 Å². The smallest absolute Gasteiger partial charge is 0.330 e. The van der Waals surface area contributed by atoms with Crippen LogP contribution in [0.5, 0.6) is 0 Å². The van der Waals surface area contributed by atoms with Gasteiger partial charge in [-0.15, -0.1) is 0 Å². The number of rotatable bonds is 7. The highest BCUT2D eigenvalue weighted by molar-refractivity contribution is 6.41. The second-order valence-electron chi connectivity index (χ2n) is 3.07. The van der Waals surface area contributed by atoms with E-state index in [2.05, 4.69) is 6.58 Å². The fraction of sp³-hybridized carbons (Fsp3) is 0.667. The Morgan fingerprint density at radius 3 is 2.29 bits per heavy atom. The molecule has 0 heterocycles. The summed E-state index contributed by atoms with van der Waals surface area (Å²) in [5.74, 6) is -1.15. The first-order valence-corrected chi connectivity index (χ1v) is 6.17. The molecule has 14 heavy (non-hydrogen) atoms. The van der Waals surface area contributed by atoms with Crippen LogP contribution in [0.2, 0.25) is 5.54 Å². The Morgan fingerprint density at radius 1 is 1.50 bits per heavy atom. The molecule has 0 aliphatic heterocycles. The normalized spacial score (nSPS) is 13.7. The van der Waals surface area contributed by atoms with Crippen LogP contribution in [-0.2, 0) is 14.3 Å². The molecule has 0 aromatic heterocycles. The first kappa shape index (κ1) is 13.3. The second-order valence-corrected chi connectivity index (χ2v) is 5.20. The minimum absolute atomic E-state index is 0.0393. The molecule has 0 aliphatic rings. The number of hydrogen-bond acceptors (Lipinski definition) is 3. The number of carboxylic acids is 1. The summed E-state index contributed by atoms with van der Waals surface area (Å²) in [5, 5.41) is 8.78. The SMILES string of the molecule is C=C(C(=O)O)C(CC)[SiH2]C(OC)OC. The Hall–Kier alpha value is -0.653. The van der Waals surface area contributed by atoms with Crippen LogP contribution in [0.3, 0.4) is 0 Å². The van der Waals surface area contributed by atoms with Crippen molar-refractivity contribution in [2.75, 3.05) is 14.2 Å². The van der Waals surface area contributed by atoms with Crippen LogP contribution in [0.25, 0.3) is 0 Å². The minimum atomic E-state index is -0.921. The van der Waals surface area contributed by atoms with Gasteiger partial charge in [0.1, 0.15) is 5.91 Å². The molecule has 1 N–H and O–H groups in total. The lowest BCUT2D eigenvalue weighted by Gasteiger charge is -2.19. The molecule has 0 aromatic carbocycles. The summed E-state index contributed by atoms with van der Waals surface area (Å²) < 4.78 is 10.1. The van der Waals surface area contributed by atoms with Gasteiger partial charge in [-0.3, -0.25) is 0 Å². The van der Waals surface area contributed by atoms with Gasteiger partial charge in [-0.2, -0.15) is 0 Å². The Bertz CT molecular complexity index is 201. The zero-order chi connectivity index (χ0) is 11.1. The zero-order valence-electron chi connectivity index (χ0n) is 8.95. The molecule has 0 rings (SSSR count). The number of aliphatic carboxylic acids is 1. The van der Waals surface area contributed by atoms with Crippen molar-refractivity contribution in [3.8, 4) is 0 Å². The van der Waals surface area contributed by atoms with Crippen molar-refractivity contribution >= 4 is 15.5 Å². The highest BCUT2D eigenvalue weighted by atomic mass is 28.2. The van der Waals surface area contributed by atoms with E-state index in [0.29, 0.717) is 0 Å². The minimum Gasteiger partial charge on any atom is -0.478 e. The summed E-state index contributed by atoms with van der Waals surface area (Å²) in [6.45, 7) is 5.52. The lowest BCUT2D eigenvalue weighted by atomic mass is 10.2. The summed E-state index contributed by atoms with van der Waals surface area (Å²) >= 11 is 0. The number of ether oxygens (including phenoxy) is 2. The summed E-state index contributed by atoms with van der Waals surface area (Å²) in [7, 11) is 2.36. The molecule has 0 aliphatic carbocycles. The molecule has 0 fully saturated rings. The number of methoxy groups -OCH3 is 2. The molecule has 0 spiro atoms. The quantitative estimate of drug-likeness (QED) is 0.385. The molecule has 0 aromatic rings. The third-order valence-electron chi connectivity index (χ3n) is 2.26. The number of carbonyl (C=O) groups is 1. The fourth-order valence-corrected chi connectivity index (χ4v) is 2.89. The lowest BCUT2D eigenvalue weighted by Crippen LogP contribution is -2.27. The maximum atomic E-state index is 10.7. The van der Waals surface area contributed by atoms with Gasteiger partial charge in [0.2, 0.25) is 0 Å². The van der Waals surface area contributed by atoms with Crippen LogP contribution in [0.4, 0.5) is 0 Å². The third kappa shape index (κ3) is 4.04. The van der Waals surface area contributed by atoms with Gasteiger partial charge in [0.15, 0.2) is 0 Å². The van der Waals surface area contributed by atoms with Gasteiger partial charge in [-0.05, 0) is 5.54 Å². The summed E-state index contributed by atoms with van der Waals surface area (Å²) in [4.78, 5) is 10.7. The van der Waals surface area contributed by atoms with E-state index in [-0.39, 0.29) is 17.0 Å². The van der Waals surface area contributed by atoms with Gasteiger partial charge >= 0.3 is 5.97 Å². The van der Waals surface area contributed by atoms with Crippen LogP contribution in [0.1, 0.15) is 13.3 Å². The molecule has 0 saturated heterocycles. The van der Waals surface area contributed by atoms with E-state index >= 15 is 0 Å². The van der Waals surface area contributed by atoms with E-state index in [1.807, 2.05) is 6.92 Å². The first-order valence-electron chi connectivity index (χ1n) is 4.54. The Balaban J connectivity index is 4.27. The largest absolute Gasteiger partial charge is 0.478 e. The maximum absolute atomic E-state index is 10.7. The van der Waals surface area contributed by atoms with Crippen LogP contribution < -0.4 is 0 Å². The Labute approximate surface area is 86.7 Å². The summed E-state index contributed by atoms with van der Waals surface area (Å²) in [6, 6.07) is 0. The van der Waals surface area contributed by atoms with Crippen molar-refractivity contribution in [1.29, 1.82) is 0 Å². The van der Waals surface area contributed by atoms with Crippen molar-refractivity contribution in [3.05, 3.63) is 12.2 Å². The topological polar surface area (TPSA) is 55.8 Å². The highest BCUT2D eigenvalue weighted by Crippen LogP contribution is 2.20. The van der Waals surface area contributed by atoms with Crippen molar-refractivity contribution in [1.82, 2.24) is 0 Å². The Morgan fingerprint density at radius 2 is 2.00 bits per heavy atom. The third-order valence-corrected chi connectivity index (χ3v) is 4.95. The molecule has 0 amide bonds. The molecule has 1 atom stereocenters. The van der Waals surface area contributed by atoms with Crippen molar-refractivity contribution in [2.45, 2.75) is 24.8 Å². The zero-order valence-corrected chi connectivity index (χ0v) is 10.4. The van der Waals surface area contributed by atoms with Gasteiger partial charge < -0.3 is 14.6 Å². The van der Waals surface area contributed by atoms with Crippen LogP contribution >= 0.6 is 0 Å². The fourth-order valence-electron chi connectivity index (χ4n) is 1.25. The van der Waals surface area contributed by atoms with Gasteiger partial charge in [0, 0.05) is 19.8 Å². The van der Waals surface area contributed by atoms with E-state index < -0.39 is 15.5 Å². The van der Waals surface area contributed by atoms with Crippen molar-refractivity contribution in [2.24, 2.45) is 0 Å². The number of carboxylic acid groups (broad SMARTS) is 1. The highest BCUT2D eigenvalue weighted by Gasteiger charge is 2.21. The molecule has 0 saturated carbocycles. The van der Waals surface area contributed by atoms with Crippen molar-refractivity contribution < 1.29 is 19.4 Å². The predicted octanol–water partition coefficient (Wildman–Crippen LogP) is 0.571. The van der Waals surface area contributed by atoms with Crippen LogP contribution in [-0.4, -0.2) is 40.7 Å². The van der Waals surface area contributed by atoms with Crippen molar-refractivity contribution in [3.63, 3.8) is 0 Å². The standard InChI is InChI=1S/C9H18O4Si/c1-5-7(6(2)8(10)11)14-9(12-3)13-4/h7,9H,2,5,14H2,1,3-4H3,(H,10,11). The second kappa shape index (κ2) is 6.75. The average Bonchev–Trinajstić information content (AvgIpc) is 2.19. The summed E-state index contributed by atoms with van der Waals surface area (Å²) in [5.41, 5.74) is 0.315. The Kier molecular flexibility index (Phi) is 6.43. The van der Waals surface area contributed by atoms with Gasteiger partial charge in [-0.1, -0.05) is 19.9 Å². The lowest BCUT2D eigenvalue weighted by molar-refractivity contribution is -0.132. The summed E-state index contributed by atoms with van der Waals surface area (Å²) in [6.07, 6.45) is 0.778. The number of hydrogen-bond donors (Lipinski definition) is 1. The van der Waals surface area contributed by atoms with Gasteiger partial charge in [0.25, 0.3) is 0 Å². The first-order chi connectivity index (χ1) is 6.56. The molecule has 4 nitrogen and oxygen atoms in total. The van der Waals surface area contributed by atoms with Crippen LogP contribution in [0.15, 0.2) is 12.2 Å². The molecular weight excluding hydrogens is 200 g/mol. The van der Waals surface area contributed by atoms with Gasteiger partial charge in [0.05, 0.1) is 9.52 Å². The maximum Gasteiger partial charge on any atom is 0.330 e. The average molecular weight is 218 g/mol. The van der Waals surface area contributed by atoms with Gasteiger partial charge in [-0.25, -0.2) is 4.79 Å². The molecule has 0 radical (unpaired) electrons. The van der Waals surface area contributed by atoms with E-state index in [1.54, 1.807) is 14.2 Å². The van der Waals surface area contributed by atoms with E-state index in [4.69, 9.17) is 14.6 Å². The molecule has 0 bridgehead atoms. The van der Waals surface area contributed by atoms with E-state index in [9.17, 15) is 4.79 Å². The van der Waals surface area contributed by atoms with E-state index in [1.165, 1.54) is 0 Å². The monoisotopic (exact) mass is 218 g/mol. The van der Waals surface area contributed by atoms with Crippen LogP contribution in [0, 0.1) is 0 Å². The molecule has 5 heteroatoms. The predicted molar refractivity (Wildman–Crippen MR) is 57.2 cm³/mol. The molecule has 1 unspecified atom stereocenters. The molecule has 82 valence electrons.